The molecule has 0 spiro atoms. The van der Waals surface area contributed by atoms with Gasteiger partial charge in [0.1, 0.15) is 0 Å². The van der Waals surface area contributed by atoms with E-state index < -0.39 is 0 Å². The molecule has 0 saturated heterocycles. The van der Waals surface area contributed by atoms with E-state index in [2.05, 4.69) is 20.7 Å². The first-order chi connectivity index (χ1) is 13.8. The van der Waals surface area contributed by atoms with E-state index in [9.17, 15) is 5.11 Å². The van der Waals surface area contributed by atoms with Crippen LogP contribution in [0.3, 0.4) is 0 Å². The number of aromatic amines is 1. The fraction of sp³-hybridized carbons (Fsp3) is 0.682. The molecule has 5 nitrogen and oxygen atoms in total. The molecule has 6 heteroatoms. The minimum absolute atomic E-state index is 0.267. The molecular weight excluding hydrogens is 368 g/mol. The van der Waals surface area contributed by atoms with Crippen LogP contribution in [-0.2, 0) is 17.7 Å². The molecule has 2 aromatic rings. The van der Waals surface area contributed by atoms with Crippen LogP contribution >= 0.6 is 11.8 Å². The summed E-state index contributed by atoms with van der Waals surface area (Å²) in [6, 6.07) is 4.12. The second-order valence-corrected chi connectivity index (χ2v) is 10.2. The van der Waals surface area contributed by atoms with Gasteiger partial charge in [-0.2, -0.15) is 0 Å². The van der Waals surface area contributed by atoms with Crippen molar-refractivity contribution in [3.8, 4) is 0 Å². The number of aromatic nitrogens is 4. The third kappa shape index (κ3) is 3.50. The SMILES string of the molecule is OCCCC[n+]1c(SCc2cccnc2)n[nH]c1C12CC3CC(CC(C3)C1)C2. The van der Waals surface area contributed by atoms with Crippen molar-refractivity contribution < 1.29 is 9.67 Å². The maximum absolute atomic E-state index is 9.27. The highest BCUT2D eigenvalue weighted by Crippen LogP contribution is 2.60. The van der Waals surface area contributed by atoms with Crippen LogP contribution < -0.4 is 4.57 Å². The number of pyridine rings is 1. The van der Waals surface area contributed by atoms with Crippen molar-refractivity contribution in [3.05, 3.63) is 35.9 Å². The number of aliphatic hydroxyl groups is 1. The van der Waals surface area contributed by atoms with E-state index in [4.69, 9.17) is 5.10 Å². The first-order valence-electron chi connectivity index (χ1n) is 10.9. The number of aliphatic hydroxyl groups excluding tert-OH is 1. The Kier molecular flexibility index (Phi) is 5.18. The molecule has 6 rings (SSSR count). The Balaban J connectivity index is 1.42. The number of rotatable bonds is 8. The molecule has 0 aromatic carbocycles. The van der Waals surface area contributed by atoms with Crippen molar-refractivity contribution in [2.45, 2.75) is 74.2 Å². The number of unbranched alkanes of at least 4 members (excludes halogenated alkanes) is 1. The van der Waals surface area contributed by atoms with Gasteiger partial charge in [-0.3, -0.25) is 4.98 Å². The summed E-state index contributed by atoms with van der Waals surface area (Å²) >= 11 is 1.80. The maximum atomic E-state index is 9.27. The summed E-state index contributed by atoms with van der Waals surface area (Å²) in [4.78, 5) is 4.24. The molecule has 2 aromatic heterocycles. The van der Waals surface area contributed by atoms with Crippen molar-refractivity contribution >= 4 is 11.8 Å². The van der Waals surface area contributed by atoms with Crippen molar-refractivity contribution in [2.75, 3.05) is 6.61 Å². The largest absolute Gasteiger partial charge is 0.396 e. The molecule has 28 heavy (non-hydrogen) atoms. The number of hydrogen-bond acceptors (Lipinski definition) is 4. The van der Waals surface area contributed by atoms with Crippen LogP contribution in [0.5, 0.6) is 0 Å². The van der Waals surface area contributed by atoms with Gasteiger partial charge in [0.05, 0.1) is 17.1 Å². The predicted molar refractivity (Wildman–Crippen MR) is 109 cm³/mol. The standard InChI is InChI=1S/C22H30N4OS/c27-7-2-1-6-26-20(22-11-17-8-18(12-22)10-19(9-17)13-22)24-25-21(26)28-15-16-4-3-5-23-14-16/h3-5,14,17-19,27H,1-2,6-13,15H2/p+1. The van der Waals surface area contributed by atoms with Gasteiger partial charge in [0.25, 0.3) is 0 Å². The van der Waals surface area contributed by atoms with Crippen molar-refractivity contribution in [2.24, 2.45) is 17.8 Å². The van der Waals surface area contributed by atoms with E-state index in [0.29, 0.717) is 5.41 Å². The second-order valence-electron chi connectivity index (χ2n) is 9.28. The smallest absolute Gasteiger partial charge is 0.337 e. The van der Waals surface area contributed by atoms with Gasteiger partial charge in [0.15, 0.2) is 0 Å². The van der Waals surface area contributed by atoms with Gasteiger partial charge in [-0.15, -0.1) is 5.10 Å². The minimum Gasteiger partial charge on any atom is -0.396 e. The predicted octanol–water partition coefficient (Wildman–Crippen LogP) is 3.62. The van der Waals surface area contributed by atoms with E-state index in [1.165, 1.54) is 49.9 Å². The van der Waals surface area contributed by atoms with Gasteiger partial charge >= 0.3 is 5.16 Å². The number of hydrogen-bond donors (Lipinski definition) is 2. The van der Waals surface area contributed by atoms with Crippen molar-refractivity contribution in [1.29, 1.82) is 0 Å². The Morgan fingerprint density at radius 3 is 2.54 bits per heavy atom. The Morgan fingerprint density at radius 2 is 1.89 bits per heavy atom. The lowest BCUT2D eigenvalue weighted by Gasteiger charge is -2.55. The third-order valence-electron chi connectivity index (χ3n) is 7.18. The van der Waals surface area contributed by atoms with Crippen molar-refractivity contribution in [1.82, 2.24) is 15.2 Å². The van der Waals surface area contributed by atoms with E-state index in [-0.39, 0.29) is 6.61 Å². The number of nitrogens with one attached hydrogen (secondary N) is 1. The summed E-state index contributed by atoms with van der Waals surface area (Å²) in [5.74, 6) is 5.03. The average molecular weight is 400 g/mol. The quantitative estimate of drug-likeness (QED) is 0.404. The molecule has 2 N–H and O–H groups in total. The van der Waals surface area contributed by atoms with Gasteiger partial charge in [0, 0.05) is 24.8 Å². The third-order valence-corrected chi connectivity index (χ3v) is 8.23. The fourth-order valence-electron chi connectivity index (χ4n) is 6.45. The Bertz CT molecular complexity index is 771. The highest BCUT2D eigenvalue weighted by Gasteiger charge is 2.55. The average Bonchev–Trinajstić information content (AvgIpc) is 3.10. The van der Waals surface area contributed by atoms with Gasteiger partial charge in [-0.25, -0.2) is 4.57 Å². The highest BCUT2D eigenvalue weighted by molar-refractivity contribution is 7.98. The van der Waals surface area contributed by atoms with Crippen molar-refractivity contribution in [3.63, 3.8) is 0 Å². The molecule has 4 bridgehead atoms. The molecule has 0 radical (unpaired) electrons. The summed E-state index contributed by atoms with van der Waals surface area (Å²) in [6.45, 7) is 1.22. The normalized spacial score (nSPS) is 30.8. The molecule has 0 atom stereocenters. The van der Waals surface area contributed by atoms with Crippen LogP contribution in [0.2, 0.25) is 0 Å². The van der Waals surface area contributed by atoms with E-state index >= 15 is 0 Å². The first-order valence-corrected chi connectivity index (χ1v) is 11.9. The molecule has 0 aliphatic heterocycles. The molecular formula is C22H31N4OS+. The molecule has 2 heterocycles. The molecule has 4 aliphatic carbocycles. The highest BCUT2D eigenvalue weighted by atomic mass is 32.2. The van der Waals surface area contributed by atoms with Gasteiger partial charge in [0.2, 0.25) is 5.82 Å². The fourth-order valence-corrected chi connectivity index (χ4v) is 7.37. The summed E-state index contributed by atoms with van der Waals surface area (Å²) in [5, 5.41) is 18.7. The van der Waals surface area contributed by atoms with Gasteiger partial charge in [-0.05, 0) is 92.5 Å². The van der Waals surface area contributed by atoms with Crippen LogP contribution in [0.25, 0.3) is 0 Å². The molecule has 0 amide bonds. The molecule has 4 aliphatic rings. The minimum atomic E-state index is 0.267. The lowest BCUT2D eigenvalue weighted by Crippen LogP contribution is -2.54. The molecule has 0 unspecified atom stereocenters. The first kappa shape index (κ1) is 18.6. The summed E-state index contributed by atoms with van der Waals surface area (Å²) in [5.41, 5.74) is 1.54. The zero-order chi connectivity index (χ0) is 19.0. The second kappa shape index (κ2) is 7.79. The van der Waals surface area contributed by atoms with Crippen LogP contribution in [0.4, 0.5) is 0 Å². The topological polar surface area (TPSA) is 65.7 Å². The van der Waals surface area contributed by atoms with E-state index in [1.807, 2.05) is 18.5 Å². The summed E-state index contributed by atoms with van der Waals surface area (Å²) < 4.78 is 2.46. The van der Waals surface area contributed by atoms with Gasteiger partial charge < -0.3 is 5.11 Å². The lowest BCUT2D eigenvalue weighted by molar-refractivity contribution is -0.744. The Hall–Kier alpha value is -1.40. The monoisotopic (exact) mass is 399 g/mol. The van der Waals surface area contributed by atoms with E-state index in [0.717, 1.165) is 48.0 Å². The number of H-pyrrole nitrogens is 1. The summed E-state index contributed by atoms with van der Waals surface area (Å²) in [6.07, 6.45) is 14.0. The summed E-state index contributed by atoms with van der Waals surface area (Å²) in [7, 11) is 0. The molecule has 150 valence electrons. The van der Waals surface area contributed by atoms with Crippen LogP contribution in [-0.4, -0.2) is 26.9 Å². The van der Waals surface area contributed by atoms with Crippen LogP contribution in [0.1, 0.15) is 62.8 Å². The number of thioether (sulfide) groups is 1. The lowest BCUT2D eigenvalue weighted by atomic mass is 9.49. The van der Waals surface area contributed by atoms with Gasteiger partial charge in [-0.1, -0.05) is 6.07 Å². The van der Waals surface area contributed by atoms with Crippen LogP contribution in [0.15, 0.2) is 29.7 Å². The number of nitrogens with zero attached hydrogens (tertiary/aromatic N) is 3. The molecule has 4 saturated carbocycles. The zero-order valence-corrected chi connectivity index (χ0v) is 17.3. The Morgan fingerprint density at radius 1 is 1.14 bits per heavy atom. The van der Waals surface area contributed by atoms with Crippen LogP contribution in [0, 0.1) is 17.8 Å². The maximum Gasteiger partial charge on any atom is 0.337 e. The van der Waals surface area contributed by atoms with E-state index in [1.54, 1.807) is 11.8 Å². The Labute approximate surface area is 171 Å². The zero-order valence-electron chi connectivity index (χ0n) is 16.5. The molecule has 4 fully saturated rings.